The number of hydrogen-bond acceptors (Lipinski definition) is 2. The summed E-state index contributed by atoms with van der Waals surface area (Å²) in [6, 6.07) is 0. The van der Waals surface area contributed by atoms with Crippen molar-refractivity contribution in [2.75, 3.05) is 0 Å². The Bertz CT molecular complexity index is 345. The van der Waals surface area contributed by atoms with Gasteiger partial charge in [0.2, 0.25) is 0 Å². The van der Waals surface area contributed by atoms with Crippen LogP contribution >= 0.6 is 0 Å². The van der Waals surface area contributed by atoms with Gasteiger partial charge in [0.05, 0.1) is 0 Å². The van der Waals surface area contributed by atoms with E-state index in [-0.39, 0.29) is 0 Å². The maximum atomic E-state index is 5.12. The van der Waals surface area contributed by atoms with Gasteiger partial charge in [-0.25, -0.2) is 4.98 Å². The Morgan fingerprint density at radius 2 is 2.38 bits per heavy atom. The minimum atomic E-state index is 0.682. The Hall–Kier alpha value is -1.57. The predicted octanol–water partition coefficient (Wildman–Crippen LogP) is 3.13. The van der Waals surface area contributed by atoms with Crippen molar-refractivity contribution in [3.8, 4) is 0 Å². The maximum Gasteiger partial charge on any atom is 0.191 e. The summed E-state index contributed by atoms with van der Waals surface area (Å²) in [5, 5.41) is 0. The van der Waals surface area contributed by atoms with E-state index >= 15 is 0 Å². The molecule has 2 nitrogen and oxygen atoms in total. The molecular weight excluding hydrogens is 162 g/mol. The van der Waals surface area contributed by atoms with Crippen LogP contribution in [0.25, 0.3) is 5.57 Å². The molecule has 13 heavy (non-hydrogen) atoms. The van der Waals surface area contributed by atoms with Gasteiger partial charge in [-0.05, 0) is 12.5 Å². The van der Waals surface area contributed by atoms with Crippen LogP contribution in [0.3, 0.4) is 0 Å². The first-order chi connectivity index (χ1) is 6.27. The van der Waals surface area contributed by atoms with Crippen LogP contribution in [-0.4, -0.2) is 4.98 Å². The van der Waals surface area contributed by atoms with Crippen LogP contribution < -0.4 is 0 Å². The lowest BCUT2D eigenvalue weighted by atomic mass is 10.2. The molecule has 2 heteroatoms. The standard InChI is InChI=1S/C11H13NO/c1-4-6-7-10(5-2)11-8-13-9(3)12-11/h4-8H,1H2,2-3H3/b7-6-,10-5+. The molecule has 0 saturated heterocycles. The molecule has 0 spiro atoms. The van der Waals surface area contributed by atoms with Crippen molar-refractivity contribution in [1.82, 2.24) is 4.98 Å². The first kappa shape index (κ1) is 9.52. The lowest BCUT2D eigenvalue weighted by Crippen LogP contribution is -1.80. The van der Waals surface area contributed by atoms with E-state index in [9.17, 15) is 0 Å². The van der Waals surface area contributed by atoms with Crippen LogP contribution in [0.5, 0.6) is 0 Å². The predicted molar refractivity (Wildman–Crippen MR) is 54.2 cm³/mol. The van der Waals surface area contributed by atoms with Crippen molar-refractivity contribution in [3.05, 3.63) is 48.7 Å². The van der Waals surface area contributed by atoms with Crippen molar-refractivity contribution in [2.45, 2.75) is 13.8 Å². The van der Waals surface area contributed by atoms with E-state index in [0.29, 0.717) is 5.89 Å². The van der Waals surface area contributed by atoms with Gasteiger partial charge in [0.1, 0.15) is 12.0 Å². The third-order valence-corrected chi connectivity index (χ3v) is 1.64. The summed E-state index contributed by atoms with van der Waals surface area (Å²) in [6.45, 7) is 7.40. The van der Waals surface area contributed by atoms with Crippen LogP contribution in [0.4, 0.5) is 0 Å². The summed E-state index contributed by atoms with van der Waals surface area (Å²) < 4.78 is 5.12. The van der Waals surface area contributed by atoms with Gasteiger partial charge >= 0.3 is 0 Å². The number of nitrogens with zero attached hydrogens (tertiary/aromatic N) is 1. The molecule has 0 fully saturated rings. The third-order valence-electron chi connectivity index (χ3n) is 1.64. The molecule has 1 aromatic heterocycles. The molecule has 0 saturated carbocycles. The molecule has 0 N–H and O–H groups in total. The average molecular weight is 175 g/mol. The molecule has 1 rings (SSSR count). The van der Waals surface area contributed by atoms with Crippen LogP contribution in [-0.2, 0) is 0 Å². The van der Waals surface area contributed by atoms with E-state index < -0.39 is 0 Å². The summed E-state index contributed by atoms with van der Waals surface area (Å²) in [6.07, 6.45) is 9.19. The van der Waals surface area contributed by atoms with Crippen molar-refractivity contribution < 1.29 is 4.42 Å². The zero-order valence-corrected chi connectivity index (χ0v) is 7.95. The highest BCUT2D eigenvalue weighted by Crippen LogP contribution is 2.14. The highest BCUT2D eigenvalue weighted by molar-refractivity contribution is 5.71. The molecule has 0 aliphatic heterocycles. The first-order valence-electron chi connectivity index (χ1n) is 4.16. The normalized spacial score (nSPS) is 12.3. The summed E-state index contributed by atoms with van der Waals surface area (Å²) in [5.41, 5.74) is 1.90. The first-order valence-corrected chi connectivity index (χ1v) is 4.16. The van der Waals surface area contributed by atoms with Crippen LogP contribution in [0.15, 0.2) is 41.6 Å². The molecule has 0 unspecified atom stereocenters. The number of rotatable bonds is 3. The summed E-state index contributed by atoms with van der Waals surface area (Å²) in [5.74, 6) is 0.682. The molecular formula is C11H13NO. The summed E-state index contributed by atoms with van der Waals surface area (Å²) in [4.78, 5) is 4.21. The molecule has 0 aromatic carbocycles. The molecule has 68 valence electrons. The van der Waals surface area contributed by atoms with E-state index in [0.717, 1.165) is 11.3 Å². The second-order valence-electron chi connectivity index (χ2n) is 2.59. The molecule has 0 aliphatic rings. The second kappa shape index (κ2) is 4.45. The highest BCUT2D eigenvalue weighted by Gasteiger charge is 2.01. The Kier molecular flexibility index (Phi) is 3.26. The lowest BCUT2D eigenvalue weighted by Gasteiger charge is -1.92. The van der Waals surface area contributed by atoms with Gasteiger partial charge < -0.3 is 4.42 Å². The van der Waals surface area contributed by atoms with Gasteiger partial charge in [-0.1, -0.05) is 30.9 Å². The molecule has 0 atom stereocenters. The minimum Gasteiger partial charge on any atom is -0.449 e. The SMILES string of the molecule is C=C/C=C\C(=C/C)c1coc(C)n1. The Morgan fingerprint density at radius 3 is 2.85 bits per heavy atom. The van der Waals surface area contributed by atoms with Crippen molar-refractivity contribution >= 4 is 5.57 Å². The zero-order valence-electron chi connectivity index (χ0n) is 7.95. The minimum absolute atomic E-state index is 0.682. The Balaban J connectivity index is 2.91. The second-order valence-corrected chi connectivity index (χ2v) is 2.59. The third kappa shape index (κ3) is 2.44. The topological polar surface area (TPSA) is 26.0 Å². The fourth-order valence-corrected chi connectivity index (χ4v) is 0.997. The average Bonchev–Trinajstić information content (AvgIpc) is 2.54. The van der Waals surface area contributed by atoms with Crippen molar-refractivity contribution in [3.63, 3.8) is 0 Å². The number of allylic oxidation sites excluding steroid dienone is 5. The molecule has 0 radical (unpaired) electrons. The molecule has 0 aliphatic carbocycles. The molecule has 1 aromatic rings. The largest absolute Gasteiger partial charge is 0.449 e. The van der Waals surface area contributed by atoms with E-state index in [1.54, 1.807) is 12.3 Å². The molecule has 1 heterocycles. The van der Waals surface area contributed by atoms with Gasteiger partial charge in [0.25, 0.3) is 0 Å². The van der Waals surface area contributed by atoms with Gasteiger partial charge in [-0.3, -0.25) is 0 Å². The number of aromatic nitrogens is 1. The van der Waals surface area contributed by atoms with Gasteiger partial charge in [0, 0.05) is 6.92 Å². The van der Waals surface area contributed by atoms with Crippen LogP contribution in [0, 0.1) is 6.92 Å². The van der Waals surface area contributed by atoms with E-state index in [4.69, 9.17) is 4.42 Å². The fraction of sp³-hybridized carbons (Fsp3) is 0.182. The smallest absolute Gasteiger partial charge is 0.191 e. The fourth-order valence-electron chi connectivity index (χ4n) is 0.997. The lowest BCUT2D eigenvalue weighted by molar-refractivity contribution is 0.521. The van der Waals surface area contributed by atoms with E-state index in [2.05, 4.69) is 11.6 Å². The summed E-state index contributed by atoms with van der Waals surface area (Å²) in [7, 11) is 0. The van der Waals surface area contributed by atoms with Gasteiger partial charge in [-0.15, -0.1) is 0 Å². The zero-order chi connectivity index (χ0) is 9.68. The van der Waals surface area contributed by atoms with Gasteiger partial charge in [0.15, 0.2) is 5.89 Å². The molecule has 0 amide bonds. The van der Waals surface area contributed by atoms with Crippen molar-refractivity contribution in [2.24, 2.45) is 0 Å². The van der Waals surface area contributed by atoms with Gasteiger partial charge in [-0.2, -0.15) is 0 Å². The number of oxazole rings is 1. The Morgan fingerprint density at radius 1 is 1.62 bits per heavy atom. The summed E-state index contributed by atoms with van der Waals surface area (Å²) >= 11 is 0. The number of hydrogen-bond donors (Lipinski definition) is 0. The van der Waals surface area contributed by atoms with E-state index in [1.165, 1.54) is 0 Å². The van der Waals surface area contributed by atoms with Crippen LogP contribution in [0.2, 0.25) is 0 Å². The van der Waals surface area contributed by atoms with Crippen LogP contribution in [0.1, 0.15) is 18.5 Å². The number of aryl methyl sites for hydroxylation is 1. The van der Waals surface area contributed by atoms with E-state index in [1.807, 2.05) is 32.1 Å². The van der Waals surface area contributed by atoms with Crippen molar-refractivity contribution in [1.29, 1.82) is 0 Å². The Labute approximate surface area is 78.3 Å². The molecule has 0 bridgehead atoms. The monoisotopic (exact) mass is 175 g/mol. The quantitative estimate of drug-likeness (QED) is 0.659. The maximum absolute atomic E-state index is 5.12. The highest BCUT2D eigenvalue weighted by atomic mass is 16.3.